The Labute approximate surface area is 250 Å². The van der Waals surface area contributed by atoms with Crippen LogP contribution in [0.3, 0.4) is 0 Å². The fourth-order valence-corrected chi connectivity index (χ4v) is 5.65. The minimum atomic E-state index is -1.10. The highest BCUT2D eigenvalue weighted by Crippen LogP contribution is 2.29. The number of ether oxygens (including phenoxy) is 1. The van der Waals surface area contributed by atoms with Crippen molar-refractivity contribution < 1.29 is 14.6 Å². The maximum Gasteiger partial charge on any atom is 0.342 e. The molecule has 0 fully saturated rings. The summed E-state index contributed by atoms with van der Waals surface area (Å²) in [6.07, 6.45) is 21.6. The number of phenolic OH excluding ortho intramolecular Hbond substituents is 1. The first-order chi connectivity index (χ1) is 19.4. The Morgan fingerprint density at radius 2 is 1.23 bits per heavy atom. The Bertz CT molecular complexity index is 941. The fraction of sp³-hybridized carbons (Fsp3) is 0.629. The van der Waals surface area contributed by atoms with E-state index in [0.29, 0.717) is 6.42 Å². The van der Waals surface area contributed by atoms with Crippen molar-refractivity contribution in [3.8, 4) is 5.75 Å². The predicted molar refractivity (Wildman–Crippen MR) is 173 cm³/mol. The molecule has 0 radical (unpaired) electrons. The van der Waals surface area contributed by atoms with Crippen LogP contribution in [0.1, 0.15) is 133 Å². The number of anilines is 1. The first kappa shape index (κ1) is 34.1. The number of aryl methyl sites for hydroxylation is 2. The quantitative estimate of drug-likeness (QED) is 0.0571. The molecule has 0 aliphatic carbocycles. The summed E-state index contributed by atoms with van der Waals surface area (Å²) in [6.45, 7) is 6.13. The summed E-state index contributed by atoms with van der Waals surface area (Å²) in [5.74, 6) is -0.0862. The van der Waals surface area contributed by atoms with E-state index in [0.717, 1.165) is 35.2 Å². The summed E-state index contributed by atoms with van der Waals surface area (Å²) in [5, 5.41) is 13.4. The van der Waals surface area contributed by atoms with Crippen molar-refractivity contribution in [3.05, 3.63) is 59.2 Å². The van der Waals surface area contributed by atoms with Gasteiger partial charge in [-0.3, -0.25) is 0 Å². The molecule has 0 bridgehead atoms. The van der Waals surface area contributed by atoms with E-state index in [2.05, 4.69) is 12.2 Å². The van der Waals surface area contributed by atoms with Crippen LogP contribution in [0.5, 0.6) is 5.75 Å². The summed E-state index contributed by atoms with van der Waals surface area (Å²) in [4.78, 5) is 12.2. The van der Waals surface area contributed by atoms with Crippen molar-refractivity contribution in [1.29, 1.82) is 0 Å². The highest BCUT2D eigenvalue weighted by Gasteiger charge is 2.36. The number of para-hydroxylation sites is 1. The van der Waals surface area contributed by atoms with E-state index in [1.807, 2.05) is 56.3 Å². The second-order valence-electron chi connectivity index (χ2n) is 11.6. The molecule has 0 amide bonds. The number of rotatable bonds is 22. The van der Waals surface area contributed by atoms with Gasteiger partial charge in [-0.1, -0.05) is 121 Å². The Morgan fingerprint density at radius 1 is 0.775 bits per heavy atom. The summed E-state index contributed by atoms with van der Waals surface area (Å²) in [6, 6.07) is 13.4. The third kappa shape index (κ3) is 13.5. The van der Waals surface area contributed by atoms with Gasteiger partial charge in [0.2, 0.25) is 0 Å². The van der Waals surface area contributed by atoms with Crippen molar-refractivity contribution >= 4 is 24.3 Å². The molecule has 224 valence electrons. The van der Waals surface area contributed by atoms with Gasteiger partial charge >= 0.3 is 5.97 Å². The number of esters is 1. The molecule has 4 nitrogen and oxygen atoms in total. The third-order valence-electron chi connectivity index (χ3n) is 7.78. The van der Waals surface area contributed by atoms with Gasteiger partial charge in [-0.05, 0) is 67.6 Å². The molecule has 0 saturated heterocycles. The van der Waals surface area contributed by atoms with Crippen LogP contribution in [0.4, 0.5) is 5.69 Å². The summed E-state index contributed by atoms with van der Waals surface area (Å²) in [7, 11) is 0. The van der Waals surface area contributed by atoms with Crippen LogP contribution in [-0.4, -0.2) is 15.9 Å². The average Bonchev–Trinajstić information content (AvgIpc) is 2.94. The largest absolute Gasteiger partial charge is 0.507 e. The zero-order chi connectivity index (χ0) is 29.1. The van der Waals surface area contributed by atoms with Gasteiger partial charge < -0.3 is 15.2 Å². The molecule has 1 unspecified atom stereocenters. The first-order valence-corrected chi connectivity index (χ1v) is 16.3. The van der Waals surface area contributed by atoms with Crippen LogP contribution in [0.2, 0.25) is 0 Å². The molecule has 0 saturated carbocycles. The Hall–Kier alpha value is -2.14. The number of unbranched alkanes of at least 4 members (excludes halogenated alkanes) is 15. The Balaban J connectivity index is 1.68. The van der Waals surface area contributed by atoms with Crippen molar-refractivity contribution in [2.75, 3.05) is 5.32 Å². The number of carbonyl (C=O) groups excluding carboxylic acids is 1. The molecule has 0 spiro atoms. The molecule has 0 aliphatic heterocycles. The highest BCUT2D eigenvalue weighted by atomic mass is 32.1. The standard InChI is InChI=1S/C35H55NO3S/c1-4-5-6-7-8-9-10-11-12-13-14-15-16-17-18-22-25-35(40,36-32-23-20-19-21-24-32)34(38)39-28-31-26-29(2)33(37)30(3)27-31/h19-21,23-24,26-27,36-37,40H,4-18,22,25,28H2,1-3H3. The molecule has 0 aromatic heterocycles. The van der Waals surface area contributed by atoms with E-state index in [9.17, 15) is 9.90 Å². The van der Waals surface area contributed by atoms with Gasteiger partial charge in [-0.15, -0.1) is 12.6 Å². The number of benzene rings is 2. The van der Waals surface area contributed by atoms with Crippen LogP contribution >= 0.6 is 12.6 Å². The number of hydrogen-bond acceptors (Lipinski definition) is 5. The average molecular weight is 570 g/mol. The van der Waals surface area contributed by atoms with Gasteiger partial charge in [-0.2, -0.15) is 0 Å². The van der Waals surface area contributed by atoms with Gasteiger partial charge in [0.1, 0.15) is 12.4 Å². The van der Waals surface area contributed by atoms with Gasteiger partial charge in [0, 0.05) is 5.69 Å². The molecule has 0 aliphatic rings. The summed E-state index contributed by atoms with van der Waals surface area (Å²) in [5.41, 5.74) is 3.26. The lowest BCUT2D eigenvalue weighted by Crippen LogP contribution is -2.42. The van der Waals surface area contributed by atoms with Crippen LogP contribution in [0.15, 0.2) is 42.5 Å². The first-order valence-electron chi connectivity index (χ1n) is 15.9. The fourth-order valence-electron chi connectivity index (χ4n) is 5.30. The minimum absolute atomic E-state index is 0.151. The molecular weight excluding hydrogens is 514 g/mol. The van der Waals surface area contributed by atoms with Crippen molar-refractivity contribution in [2.24, 2.45) is 0 Å². The number of hydrogen-bond donors (Lipinski definition) is 3. The monoisotopic (exact) mass is 569 g/mol. The van der Waals surface area contributed by atoms with E-state index >= 15 is 0 Å². The molecule has 2 rings (SSSR count). The van der Waals surface area contributed by atoms with E-state index in [1.165, 1.54) is 89.9 Å². The lowest BCUT2D eigenvalue weighted by Gasteiger charge is -2.29. The lowest BCUT2D eigenvalue weighted by atomic mass is 10.0. The van der Waals surface area contributed by atoms with Crippen LogP contribution in [-0.2, 0) is 16.1 Å². The predicted octanol–water partition coefficient (Wildman–Crippen LogP) is 10.4. The van der Waals surface area contributed by atoms with Crippen molar-refractivity contribution in [2.45, 2.75) is 141 Å². The zero-order valence-electron chi connectivity index (χ0n) is 25.5. The van der Waals surface area contributed by atoms with Crippen LogP contribution in [0, 0.1) is 13.8 Å². The normalized spacial score (nSPS) is 12.7. The van der Waals surface area contributed by atoms with E-state index in [-0.39, 0.29) is 18.3 Å². The number of phenols is 1. The lowest BCUT2D eigenvalue weighted by molar-refractivity contribution is -0.147. The maximum atomic E-state index is 13.3. The number of carbonyl (C=O) groups is 1. The molecule has 1 atom stereocenters. The molecule has 40 heavy (non-hydrogen) atoms. The van der Waals surface area contributed by atoms with E-state index in [1.54, 1.807) is 0 Å². The van der Waals surface area contributed by atoms with Crippen molar-refractivity contribution in [3.63, 3.8) is 0 Å². The molecule has 2 aromatic rings. The second kappa shape index (κ2) is 19.9. The molecular formula is C35H55NO3S. The van der Waals surface area contributed by atoms with Gasteiger partial charge in [0.15, 0.2) is 4.87 Å². The summed E-state index contributed by atoms with van der Waals surface area (Å²) < 4.78 is 5.74. The molecule has 0 heterocycles. The minimum Gasteiger partial charge on any atom is -0.507 e. The van der Waals surface area contributed by atoms with Gasteiger partial charge in [-0.25, -0.2) is 4.79 Å². The van der Waals surface area contributed by atoms with Crippen LogP contribution in [0.25, 0.3) is 0 Å². The molecule has 5 heteroatoms. The molecule has 2 aromatic carbocycles. The van der Waals surface area contributed by atoms with Gasteiger partial charge in [0.25, 0.3) is 0 Å². The summed E-state index contributed by atoms with van der Waals surface area (Å²) >= 11 is 4.83. The zero-order valence-corrected chi connectivity index (χ0v) is 26.4. The van der Waals surface area contributed by atoms with Crippen molar-refractivity contribution in [1.82, 2.24) is 0 Å². The highest BCUT2D eigenvalue weighted by molar-refractivity contribution is 7.82. The van der Waals surface area contributed by atoms with E-state index in [4.69, 9.17) is 17.4 Å². The number of aromatic hydroxyl groups is 1. The maximum absolute atomic E-state index is 13.3. The topological polar surface area (TPSA) is 58.6 Å². The smallest absolute Gasteiger partial charge is 0.342 e. The van der Waals surface area contributed by atoms with Gasteiger partial charge in [0.05, 0.1) is 0 Å². The third-order valence-corrected chi connectivity index (χ3v) is 8.29. The molecule has 2 N–H and O–H groups in total. The number of thiol groups is 1. The number of nitrogens with one attached hydrogen (secondary N) is 1. The SMILES string of the molecule is CCCCCCCCCCCCCCCCCCC(S)(Nc1ccccc1)C(=O)OCc1cc(C)c(O)c(C)c1. The second-order valence-corrected chi connectivity index (χ2v) is 12.3. The Morgan fingerprint density at radius 3 is 1.70 bits per heavy atom. The van der Waals surface area contributed by atoms with Crippen LogP contribution < -0.4 is 5.32 Å². The Kier molecular flexibility index (Phi) is 16.9. The van der Waals surface area contributed by atoms with E-state index < -0.39 is 4.87 Å².